The fraction of sp³-hybridized carbons (Fsp3) is 0.743. The lowest BCUT2D eigenvalue weighted by atomic mass is 9.85. The van der Waals surface area contributed by atoms with Crippen molar-refractivity contribution < 1.29 is 33.6 Å². The van der Waals surface area contributed by atoms with Crippen LogP contribution in [0.5, 0.6) is 0 Å². The number of rotatable bonds is 16. The summed E-state index contributed by atoms with van der Waals surface area (Å²) in [5.74, 6) is -2.60. The van der Waals surface area contributed by atoms with Crippen LogP contribution in [0.1, 0.15) is 74.7 Å². The van der Waals surface area contributed by atoms with Gasteiger partial charge in [0.2, 0.25) is 29.9 Å². The van der Waals surface area contributed by atoms with Crippen molar-refractivity contribution in [3.05, 3.63) is 12.7 Å². The smallest absolute Gasteiger partial charge is 0.315 e. The average Bonchev–Trinajstić information content (AvgIpc) is 3.86. The number of urea groups is 1. The minimum atomic E-state index is -1.02. The highest BCUT2D eigenvalue weighted by Gasteiger charge is 2.70. The van der Waals surface area contributed by atoms with Gasteiger partial charge in [-0.05, 0) is 40.4 Å². The molecule has 0 aromatic heterocycles. The molecule has 0 aromatic rings. The fourth-order valence-electron chi connectivity index (χ4n) is 6.72. The Hall–Kier alpha value is -3.97. The van der Waals surface area contributed by atoms with Crippen molar-refractivity contribution >= 4 is 41.9 Å². The molecule has 0 bridgehead atoms. The van der Waals surface area contributed by atoms with E-state index >= 15 is 0 Å². The number of nitrogens with zero attached hydrogens (tertiary/aromatic N) is 2. The van der Waals surface area contributed by atoms with Gasteiger partial charge in [-0.2, -0.15) is 0 Å². The second kappa shape index (κ2) is 15.3. The lowest BCUT2D eigenvalue weighted by Crippen LogP contribution is -2.62. The number of likely N-dealkylation sites (tertiary alicyclic amines) is 1. The number of fused-ring (bicyclic) bond motifs is 1. The molecule has 14 nitrogen and oxygen atoms in total. The van der Waals surface area contributed by atoms with Gasteiger partial charge in [0, 0.05) is 26.7 Å². The first kappa shape index (κ1) is 39.5. The van der Waals surface area contributed by atoms with E-state index in [1.54, 1.807) is 7.05 Å². The first-order valence-electron chi connectivity index (χ1n) is 17.2. The molecule has 1 aliphatic heterocycles. The minimum Gasteiger partial charge on any atom is -0.350 e. The molecule has 2 aliphatic carbocycles. The van der Waals surface area contributed by atoms with Crippen LogP contribution in [-0.4, -0.2) is 109 Å². The van der Waals surface area contributed by atoms with Crippen LogP contribution in [0.2, 0.25) is 0 Å². The SMILES string of the molecule is C=CCNC(=O)C(=O)C(CC1CC1)NC(=O)[C@@H]1C2C(CN1C(=O)[C@@H](NC(=O)N[C@H](CN(C)C(=O)CNC=O)C(C)(C)C)C(C)(C)C)C2(C)C. The van der Waals surface area contributed by atoms with Crippen LogP contribution in [0.3, 0.4) is 0 Å². The zero-order chi connectivity index (χ0) is 37.1. The van der Waals surface area contributed by atoms with Crippen molar-refractivity contribution in [1.29, 1.82) is 0 Å². The summed E-state index contributed by atoms with van der Waals surface area (Å²) in [5, 5.41) is 13.5. The van der Waals surface area contributed by atoms with Gasteiger partial charge < -0.3 is 36.4 Å². The van der Waals surface area contributed by atoms with Gasteiger partial charge in [0.05, 0.1) is 18.6 Å². The summed E-state index contributed by atoms with van der Waals surface area (Å²) in [5.41, 5.74) is -1.44. The largest absolute Gasteiger partial charge is 0.350 e. The molecule has 274 valence electrons. The standard InChI is InChI=1S/C35H57N7O7/c1-11-14-37-30(47)27(45)22(15-20-12-13-20)38-29(46)26-25-21(35(25,8)9)17-42(26)31(48)28(34(5,6)7)40-32(49)39-23(33(2,3)4)18-41(10)24(44)16-36-19-43/h11,19-23,25-26,28H,1,12-18H2,2-10H3,(H,36,43)(H,37,47)(H,38,46)(H2,39,40,49)/t21?,22?,23-,25?,26+,28-/m1/s1. The summed E-state index contributed by atoms with van der Waals surface area (Å²) in [7, 11) is 1.58. The summed E-state index contributed by atoms with van der Waals surface area (Å²) >= 11 is 0. The monoisotopic (exact) mass is 687 g/mol. The Bertz CT molecular complexity index is 1310. The topological polar surface area (TPSA) is 186 Å². The van der Waals surface area contributed by atoms with Gasteiger partial charge in [0.15, 0.2) is 0 Å². The Morgan fingerprint density at radius 1 is 0.980 bits per heavy atom. The quantitative estimate of drug-likeness (QED) is 0.0909. The molecule has 2 saturated carbocycles. The van der Waals surface area contributed by atoms with Gasteiger partial charge >= 0.3 is 6.03 Å². The van der Waals surface area contributed by atoms with E-state index in [9.17, 15) is 33.6 Å². The van der Waals surface area contributed by atoms with Crippen molar-refractivity contribution in [1.82, 2.24) is 36.4 Å². The predicted molar refractivity (Wildman–Crippen MR) is 184 cm³/mol. The predicted octanol–water partition coefficient (Wildman–Crippen LogP) is 0.959. The van der Waals surface area contributed by atoms with Gasteiger partial charge in [0.1, 0.15) is 12.1 Å². The Balaban J connectivity index is 1.80. The summed E-state index contributed by atoms with van der Waals surface area (Å²) in [6.07, 6.45) is 4.09. The molecule has 3 unspecified atom stereocenters. The number of Topliss-reactive ketones (excluding diaryl/α,β-unsaturated/α-hetero) is 1. The van der Waals surface area contributed by atoms with Gasteiger partial charge in [-0.1, -0.05) is 74.3 Å². The first-order valence-corrected chi connectivity index (χ1v) is 17.2. The van der Waals surface area contributed by atoms with E-state index in [0.717, 1.165) is 12.8 Å². The lowest BCUT2D eigenvalue weighted by Gasteiger charge is -2.39. The highest BCUT2D eigenvalue weighted by molar-refractivity contribution is 6.38. The number of hydrogen-bond acceptors (Lipinski definition) is 7. The maximum atomic E-state index is 14.4. The highest BCUT2D eigenvalue weighted by atomic mass is 16.2. The highest BCUT2D eigenvalue weighted by Crippen LogP contribution is 2.65. The number of carbonyl (C=O) groups excluding carboxylic acids is 7. The average molecular weight is 688 g/mol. The van der Waals surface area contributed by atoms with Gasteiger partial charge in [0.25, 0.3) is 5.91 Å². The third-order valence-electron chi connectivity index (χ3n) is 10.2. The zero-order valence-corrected chi connectivity index (χ0v) is 30.6. The van der Waals surface area contributed by atoms with Crippen LogP contribution in [0.4, 0.5) is 4.79 Å². The van der Waals surface area contributed by atoms with Gasteiger partial charge in [-0.15, -0.1) is 6.58 Å². The molecule has 3 aliphatic rings. The van der Waals surface area contributed by atoms with Crippen LogP contribution in [-0.2, 0) is 28.8 Å². The Morgan fingerprint density at radius 2 is 1.61 bits per heavy atom. The third-order valence-corrected chi connectivity index (χ3v) is 10.2. The summed E-state index contributed by atoms with van der Waals surface area (Å²) in [6.45, 7) is 19.3. The lowest BCUT2D eigenvalue weighted by molar-refractivity contribution is -0.145. The molecule has 1 heterocycles. The van der Waals surface area contributed by atoms with Crippen LogP contribution >= 0.6 is 0 Å². The van der Waals surface area contributed by atoms with E-state index in [2.05, 4.69) is 47.0 Å². The molecule has 3 rings (SSSR count). The molecule has 6 atom stereocenters. The van der Waals surface area contributed by atoms with Gasteiger partial charge in [-0.3, -0.25) is 28.8 Å². The number of likely N-dealkylation sites (N-methyl/N-ethyl adjacent to an activating group) is 1. The van der Waals surface area contributed by atoms with Crippen molar-refractivity contribution in [3.8, 4) is 0 Å². The number of ketones is 1. The normalized spacial score (nSPS) is 22.7. The van der Waals surface area contributed by atoms with Crippen LogP contribution in [0, 0.1) is 34.0 Å². The van der Waals surface area contributed by atoms with Gasteiger partial charge in [-0.25, -0.2) is 4.79 Å². The molecule has 14 heteroatoms. The molecule has 0 radical (unpaired) electrons. The number of amides is 7. The van der Waals surface area contributed by atoms with Crippen LogP contribution in [0.25, 0.3) is 0 Å². The summed E-state index contributed by atoms with van der Waals surface area (Å²) in [4.78, 5) is 93.7. The van der Waals surface area contributed by atoms with E-state index < -0.39 is 64.5 Å². The molecular weight excluding hydrogens is 630 g/mol. The molecule has 7 amide bonds. The minimum absolute atomic E-state index is 0.0576. The number of nitrogens with one attached hydrogen (secondary N) is 5. The summed E-state index contributed by atoms with van der Waals surface area (Å²) < 4.78 is 0. The van der Waals surface area contributed by atoms with Crippen molar-refractivity contribution in [2.24, 2.45) is 34.0 Å². The van der Waals surface area contributed by atoms with E-state index in [4.69, 9.17) is 0 Å². The molecule has 0 spiro atoms. The Morgan fingerprint density at radius 3 is 2.14 bits per heavy atom. The Kier molecular flexibility index (Phi) is 12.3. The van der Waals surface area contributed by atoms with E-state index in [-0.39, 0.29) is 48.7 Å². The molecule has 5 N–H and O–H groups in total. The van der Waals surface area contributed by atoms with E-state index in [0.29, 0.717) is 19.4 Å². The molecule has 49 heavy (non-hydrogen) atoms. The van der Waals surface area contributed by atoms with Crippen LogP contribution in [0.15, 0.2) is 12.7 Å². The number of hydrogen-bond donors (Lipinski definition) is 5. The molecule has 3 fully saturated rings. The van der Waals surface area contributed by atoms with Crippen molar-refractivity contribution in [2.45, 2.75) is 98.8 Å². The van der Waals surface area contributed by atoms with E-state index in [1.165, 1.54) is 15.9 Å². The second-order valence-corrected chi connectivity index (χ2v) is 16.6. The fourth-order valence-corrected chi connectivity index (χ4v) is 6.72. The molecule has 1 saturated heterocycles. The maximum absolute atomic E-state index is 14.4. The Labute approximate surface area is 290 Å². The van der Waals surface area contributed by atoms with E-state index in [1.807, 2.05) is 41.5 Å². The van der Waals surface area contributed by atoms with Crippen molar-refractivity contribution in [2.75, 3.05) is 33.2 Å². The third kappa shape index (κ3) is 9.81. The second-order valence-electron chi connectivity index (χ2n) is 16.6. The maximum Gasteiger partial charge on any atom is 0.315 e. The zero-order valence-electron chi connectivity index (χ0n) is 30.6. The molecular formula is C35H57N7O7. The molecule has 0 aromatic carbocycles. The number of piperidine rings is 1. The first-order chi connectivity index (χ1) is 22.6. The number of carbonyl (C=O) groups is 7. The van der Waals surface area contributed by atoms with Crippen molar-refractivity contribution in [3.63, 3.8) is 0 Å². The van der Waals surface area contributed by atoms with Crippen LogP contribution < -0.4 is 26.6 Å². The summed E-state index contributed by atoms with van der Waals surface area (Å²) in [6, 6.07) is -4.04.